The first-order chi connectivity index (χ1) is 9.32. The second kappa shape index (κ2) is 8.37. The van der Waals surface area contributed by atoms with Crippen molar-refractivity contribution >= 4 is 35.7 Å². The van der Waals surface area contributed by atoms with Crippen molar-refractivity contribution in [3.8, 4) is 0 Å². The summed E-state index contributed by atoms with van der Waals surface area (Å²) >= 11 is 0. The summed E-state index contributed by atoms with van der Waals surface area (Å²) in [6.07, 6.45) is 5.05. The zero-order valence-corrected chi connectivity index (χ0v) is 18.3. The van der Waals surface area contributed by atoms with Gasteiger partial charge in [0.1, 0.15) is 0 Å². The van der Waals surface area contributed by atoms with Crippen LogP contribution in [0.15, 0.2) is 0 Å². The molecule has 1 aliphatic rings. The molecule has 8 heteroatoms. The van der Waals surface area contributed by atoms with Gasteiger partial charge < -0.3 is 16.5 Å². The average Bonchev–Trinajstić information content (AvgIpc) is 2.32. The molecule has 0 bridgehead atoms. The van der Waals surface area contributed by atoms with Gasteiger partial charge in [-0.25, -0.2) is 0 Å². The minimum absolute atomic E-state index is 0.977. The van der Waals surface area contributed by atoms with E-state index in [9.17, 15) is 0 Å². The van der Waals surface area contributed by atoms with Crippen LogP contribution < -0.4 is 0 Å². The third kappa shape index (κ3) is 6.22. The smallest absolute Gasteiger partial charge is 0.317 e. The van der Waals surface area contributed by atoms with Crippen molar-refractivity contribution in [2.45, 2.75) is 77.8 Å². The first-order valence-corrected chi connectivity index (χ1v) is 17.3. The third-order valence-corrected chi connectivity index (χ3v) is 19.5. The van der Waals surface area contributed by atoms with Gasteiger partial charge in [0.2, 0.25) is 0 Å². The summed E-state index contributed by atoms with van der Waals surface area (Å²) in [5.74, 6) is 0. The molecule has 1 aliphatic heterocycles. The molecule has 0 saturated carbocycles. The van der Waals surface area contributed by atoms with Gasteiger partial charge in [0, 0.05) is 0 Å². The Morgan fingerprint density at radius 2 is 1.45 bits per heavy atom. The van der Waals surface area contributed by atoms with E-state index in [1.807, 2.05) is 0 Å². The van der Waals surface area contributed by atoms with E-state index < -0.39 is 35.7 Å². The molecular weight excluding hydrogens is 320 g/mol. The van der Waals surface area contributed by atoms with Crippen LogP contribution in [0, 0.1) is 0 Å². The number of hydrogen-bond donors (Lipinski definition) is 0. The molecule has 0 aliphatic carbocycles. The van der Waals surface area contributed by atoms with E-state index in [0.717, 1.165) is 12.1 Å². The van der Waals surface area contributed by atoms with Gasteiger partial charge in [-0.2, -0.15) is 0 Å². The van der Waals surface area contributed by atoms with E-state index in [1.54, 1.807) is 0 Å². The van der Waals surface area contributed by atoms with Crippen LogP contribution in [0.2, 0.25) is 38.3 Å². The molecule has 0 aromatic rings. The highest BCUT2D eigenvalue weighted by Crippen LogP contribution is 2.29. The van der Waals surface area contributed by atoms with Crippen molar-refractivity contribution < 1.29 is 16.5 Å². The van der Waals surface area contributed by atoms with Crippen LogP contribution in [-0.4, -0.2) is 35.7 Å². The maximum Gasteiger partial charge on any atom is 0.317 e. The van der Waals surface area contributed by atoms with E-state index in [0.29, 0.717) is 0 Å². The van der Waals surface area contributed by atoms with Crippen LogP contribution in [0.3, 0.4) is 0 Å². The molecule has 0 N–H and O–H groups in total. The predicted octanol–water partition coefficient (Wildman–Crippen LogP) is 3.51. The minimum atomic E-state index is -2.12. The van der Waals surface area contributed by atoms with Crippen molar-refractivity contribution in [1.82, 2.24) is 0 Å². The summed E-state index contributed by atoms with van der Waals surface area (Å²) in [7, 11) is -7.37. The van der Waals surface area contributed by atoms with Crippen molar-refractivity contribution in [3.63, 3.8) is 0 Å². The van der Waals surface area contributed by atoms with Gasteiger partial charge in [-0.3, -0.25) is 0 Å². The molecule has 20 heavy (non-hydrogen) atoms. The molecule has 4 nitrogen and oxygen atoms in total. The molecule has 1 heterocycles. The highest BCUT2D eigenvalue weighted by Gasteiger charge is 2.46. The zero-order valence-electron chi connectivity index (χ0n) is 14.0. The molecule has 4 unspecified atom stereocenters. The molecular formula is C12H32O4Si4. The van der Waals surface area contributed by atoms with Crippen molar-refractivity contribution in [3.05, 3.63) is 0 Å². The SMILES string of the molecule is CCCCCC[Si]1(C)O[SiH](C)O[SiH](C)O[Si](C)(CC)O1. The lowest BCUT2D eigenvalue weighted by molar-refractivity contribution is 0.255. The summed E-state index contributed by atoms with van der Waals surface area (Å²) in [5, 5.41) is 0. The number of rotatable bonds is 6. The maximum absolute atomic E-state index is 6.56. The Balaban J connectivity index is 2.69. The lowest BCUT2D eigenvalue weighted by Crippen LogP contribution is -2.58. The minimum Gasteiger partial charge on any atom is -0.420 e. The standard InChI is InChI=1S/C12H32O4Si4/c1-7-9-10-11-12-20(6)15-18(4)13-17(3)14-19(5,8-2)16-20/h17-18H,7-12H2,1-6H3. The van der Waals surface area contributed by atoms with Gasteiger partial charge in [0.15, 0.2) is 0 Å². The fourth-order valence-electron chi connectivity index (χ4n) is 2.67. The second-order valence-electron chi connectivity index (χ2n) is 6.04. The Morgan fingerprint density at radius 3 is 2.00 bits per heavy atom. The first-order valence-electron chi connectivity index (χ1n) is 8.04. The van der Waals surface area contributed by atoms with Crippen molar-refractivity contribution in [1.29, 1.82) is 0 Å². The quantitative estimate of drug-likeness (QED) is 0.541. The highest BCUT2D eigenvalue weighted by molar-refractivity contribution is 6.86. The fourth-order valence-corrected chi connectivity index (χ4v) is 19.8. The Kier molecular flexibility index (Phi) is 7.85. The molecule has 0 radical (unpaired) electrons. The Labute approximate surface area is 130 Å². The van der Waals surface area contributed by atoms with Gasteiger partial charge in [0.25, 0.3) is 18.6 Å². The third-order valence-electron chi connectivity index (χ3n) is 3.77. The van der Waals surface area contributed by atoms with Crippen LogP contribution in [0.1, 0.15) is 39.5 Å². The van der Waals surface area contributed by atoms with E-state index in [4.69, 9.17) is 16.5 Å². The topological polar surface area (TPSA) is 36.9 Å². The summed E-state index contributed by atoms with van der Waals surface area (Å²) in [5.41, 5.74) is 0. The molecule has 0 aromatic heterocycles. The Bertz CT molecular complexity index is 297. The summed E-state index contributed by atoms with van der Waals surface area (Å²) < 4.78 is 25.2. The van der Waals surface area contributed by atoms with Crippen LogP contribution in [0.5, 0.6) is 0 Å². The molecule has 1 rings (SSSR count). The average molecular weight is 353 g/mol. The first kappa shape index (κ1) is 18.8. The van der Waals surface area contributed by atoms with Gasteiger partial charge in [0.05, 0.1) is 0 Å². The molecule has 1 saturated heterocycles. The van der Waals surface area contributed by atoms with Gasteiger partial charge in [-0.1, -0.05) is 39.5 Å². The van der Waals surface area contributed by atoms with E-state index in [1.165, 1.54) is 25.7 Å². The van der Waals surface area contributed by atoms with Crippen LogP contribution in [-0.2, 0) is 16.5 Å². The fraction of sp³-hybridized carbons (Fsp3) is 1.00. The van der Waals surface area contributed by atoms with Crippen LogP contribution in [0.4, 0.5) is 0 Å². The van der Waals surface area contributed by atoms with Crippen molar-refractivity contribution in [2.75, 3.05) is 0 Å². The largest absolute Gasteiger partial charge is 0.420 e. The van der Waals surface area contributed by atoms with Crippen LogP contribution >= 0.6 is 0 Å². The number of unbranched alkanes of at least 4 members (excludes halogenated alkanes) is 3. The normalized spacial score (nSPS) is 39.3. The lowest BCUT2D eigenvalue weighted by atomic mass is 10.2. The van der Waals surface area contributed by atoms with Gasteiger partial charge in [-0.05, 0) is 38.3 Å². The molecule has 4 atom stereocenters. The van der Waals surface area contributed by atoms with Crippen molar-refractivity contribution in [2.24, 2.45) is 0 Å². The Hall–Kier alpha value is 0.708. The summed E-state index contributed by atoms with van der Waals surface area (Å²) in [6.45, 7) is 13.0. The molecule has 0 spiro atoms. The zero-order chi connectivity index (χ0) is 15.2. The molecule has 0 amide bonds. The molecule has 0 aromatic carbocycles. The van der Waals surface area contributed by atoms with E-state index >= 15 is 0 Å². The van der Waals surface area contributed by atoms with Gasteiger partial charge >= 0.3 is 17.1 Å². The summed E-state index contributed by atoms with van der Waals surface area (Å²) in [6, 6.07) is 2.06. The maximum atomic E-state index is 6.56. The van der Waals surface area contributed by atoms with Crippen LogP contribution in [0.25, 0.3) is 0 Å². The van der Waals surface area contributed by atoms with E-state index in [2.05, 4.69) is 40.0 Å². The lowest BCUT2D eigenvalue weighted by Gasteiger charge is -2.42. The second-order valence-corrected chi connectivity index (χ2v) is 17.8. The monoisotopic (exact) mass is 352 g/mol. The van der Waals surface area contributed by atoms with E-state index in [-0.39, 0.29) is 0 Å². The van der Waals surface area contributed by atoms with Gasteiger partial charge in [-0.15, -0.1) is 0 Å². The Morgan fingerprint density at radius 1 is 0.850 bits per heavy atom. The highest BCUT2D eigenvalue weighted by atomic mass is 28.5. The summed E-state index contributed by atoms with van der Waals surface area (Å²) in [4.78, 5) is 0. The molecule has 120 valence electrons. The number of hydrogen-bond acceptors (Lipinski definition) is 4. The predicted molar refractivity (Wildman–Crippen MR) is 93.0 cm³/mol. The molecule has 1 fully saturated rings.